The fourth-order valence-electron chi connectivity index (χ4n) is 6.00. The molecule has 3 rings (SSSR count). The van der Waals surface area contributed by atoms with E-state index in [1.165, 1.54) is 32.1 Å². The van der Waals surface area contributed by atoms with Crippen molar-refractivity contribution >= 4 is 6.03 Å². The first-order valence-corrected chi connectivity index (χ1v) is 13.4. The fraction of sp³-hybridized carbons (Fsp3) is 0.846. The van der Waals surface area contributed by atoms with Gasteiger partial charge in [0.05, 0.1) is 0 Å². The maximum absolute atomic E-state index is 13.3. The average Bonchev–Trinajstić information content (AvgIpc) is 3.29. The van der Waals surface area contributed by atoms with Crippen molar-refractivity contribution in [1.82, 2.24) is 25.1 Å². The Bertz CT molecular complexity index is 736. The van der Waals surface area contributed by atoms with Gasteiger partial charge >= 0.3 is 6.03 Å². The van der Waals surface area contributed by atoms with Gasteiger partial charge in [0.25, 0.3) is 0 Å². The molecule has 1 saturated heterocycles. The molecule has 8 nitrogen and oxygen atoms in total. The second-order valence-corrected chi connectivity index (χ2v) is 10.5. The minimum Gasteiger partial charge on any atom is -0.385 e. The minimum absolute atomic E-state index is 0.00216. The molecule has 34 heavy (non-hydrogen) atoms. The molecule has 1 unspecified atom stereocenters. The third kappa shape index (κ3) is 7.18. The summed E-state index contributed by atoms with van der Waals surface area (Å²) in [6.07, 6.45) is 15.4. The molecule has 8 heteroatoms. The Kier molecular flexibility index (Phi) is 10.7. The highest BCUT2D eigenvalue weighted by atomic mass is 16.5. The molecule has 194 valence electrons. The number of unbranched alkanes of at least 4 members (excludes halogenated alkanes) is 1. The molecule has 1 aliphatic heterocycles. The van der Waals surface area contributed by atoms with Gasteiger partial charge in [-0.15, -0.1) is 0 Å². The Morgan fingerprint density at radius 1 is 1.26 bits per heavy atom. The number of urea groups is 1. The summed E-state index contributed by atoms with van der Waals surface area (Å²) in [6.45, 7) is 2.76. The van der Waals surface area contributed by atoms with Crippen LogP contribution >= 0.6 is 0 Å². The van der Waals surface area contributed by atoms with Crippen LogP contribution < -0.4 is 10.6 Å². The molecule has 0 bridgehead atoms. The summed E-state index contributed by atoms with van der Waals surface area (Å²) in [5.74, 6) is 1.36. The average molecular weight is 478 g/mol. The van der Waals surface area contributed by atoms with E-state index in [1.54, 1.807) is 13.3 Å². The van der Waals surface area contributed by atoms with Gasteiger partial charge in [-0.25, -0.2) is 9.78 Å². The summed E-state index contributed by atoms with van der Waals surface area (Å²) < 4.78 is 7.13. The number of piperidine rings is 1. The monoisotopic (exact) mass is 477 g/mol. The summed E-state index contributed by atoms with van der Waals surface area (Å²) in [7, 11) is 5.59. The van der Waals surface area contributed by atoms with Gasteiger partial charge in [-0.1, -0.05) is 32.1 Å². The van der Waals surface area contributed by atoms with Crippen molar-refractivity contribution in [1.29, 1.82) is 0 Å². The van der Waals surface area contributed by atoms with Crippen molar-refractivity contribution in [3.8, 4) is 0 Å². The maximum atomic E-state index is 13.3. The number of carbonyl (C=O) groups is 1. The van der Waals surface area contributed by atoms with Crippen molar-refractivity contribution in [2.45, 2.75) is 82.3 Å². The van der Waals surface area contributed by atoms with E-state index in [9.17, 15) is 9.90 Å². The molecule has 2 amide bonds. The third-order valence-electron chi connectivity index (χ3n) is 7.87. The Morgan fingerprint density at radius 3 is 2.74 bits per heavy atom. The third-order valence-corrected chi connectivity index (χ3v) is 7.87. The van der Waals surface area contributed by atoms with Crippen LogP contribution in [0, 0.1) is 11.8 Å². The van der Waals surface area contributed by atoms with E-state index < -0.39 is 5.60 Å². The lowest BCUT2D eigenvalue weighted by atomic mass is 9.77. The number of aryl methyl sites for hydroxylation is 1. The standard InChI is InChI=1S/C26H47N5O3/c1-27-19-23(18-21-10-5-4-6-11-21)29-25(32)31-15-9-12-22(20-31)26(33,13-7-8-17-34-3)24-28-14-16-30(24)2/h14,16,21-23,27,33H,4-13,15,17-20H2,1-3H3,(H,29,32)/t22-,23?,26+/m1/s1. The van der Waals surface area contributed by atoms with E-state index in [0.29, 0.717) is 31.3 Å². The largest absolute Gasteiger partial charge is 0.385 e. The van der Waals surface area contributed by atoms with Crippen LogP contribution in [0.2, 0.25) is 0 Å². The molecule has 3 atom stereocenters. The number of aliphatic hydroxyl groups is 1. The van der Waals surface area contributed by atoms with Gasteiger partial charge in [0.2, 0.25) is 0 Å². The molecule has 2 aliphatic rings. The number of ether oxygens (including phenoxy) is 1. The second kappa shape index (κ2) is 13.4. The van der Waals surface area contributed by atoms with E-state index in [4.69, 9.17) is 4.74 Å². The first-order chi connectivity index (χ1) is 16.5. The zero-order valence-corrected chi connectivity index (χ0v) is 21.6. The number of rotatable bonds is 12. The van der Waals surface area contributed by atoms with Crippen LogP contribution in [0.25, 0.3) is 0 Å². The van der Waals surface area contributed by atoms with Crippen molar-refractivity contribution in [3.63, 3.8) is 0 Å². The van der Waals surface area contributed by atoms with Gasteiger partial charge < -0.3 is 29.9 Å². The molecule has 2 fully saturated rings. The molecule has 0 radical (unpaired) electrons. The molecule has 0 aromatic carbocycles. The molecular formula is C26H47N5O3. The fourth-order valence-corrected chi connectivity index (χ4v) is 6.00. The van der Waals surface area contributed by atoms with E-state index in [-0.39, 0.29) is 18.0 Å². The predicted molar refractivity (Wildman–Crippen MR) is 135 cm³/mol. The predicted octanol–water partition coefficient (Wildman–Crippen LogP) is 3.40. The van der Waals surface area contributed by atoms with Gasteiger partial charge in [0.1, 0.15) is 11.4 Å². The minimum atomic E-state index is -1.06. The molecule has 1 aromatic rings. The van der Waals surface area contributed by atoms with Crippen molar-refractivity contribution in [2.75, 3.05) is 40.4 Å². The zero-order valence-electron chi connectivity index (χ0n) is 21.6. The number of hydrogen-bond acceptors (Lipinski definition) is 5. The van der Waals surface area contributed by atoms with Crippen LogP contribution in [-0.4, -0.2) is 72.0 Å². The Morgan fingerprint density at radius 2 is 2.06 bits per heavy atom. The topological polar surface area (TPSA) is 91.7 Å². The number of amides is 2. The highest BCUT2D eigenvalue weighted by Gasteiger charge is 2.43. The smallest absolute Gasteiger partial charge is 0.317 e. The lowest BCUT2D eigenvalue weighted by Crippen LogP contribution is -2.54. The van der Waals surface area contributed by atoms with Crippen LogP contribution in [0.1, 0.15) is 76.5 Å². The number of hydrogen-bond donors (Lipinski definition) is 3. The lowest BCUT2D eigenvalue weighted by Gasteiger charge is -2.42. The number of likely N-dealkylation sites (N-methyl/N-ethyl adjacent to an activating group) is 1. The molecule has 0 spiro atoms. The van der Waals surface area contributed by atoms with Crippen molar-refractivity contribution in [3.05, 3.63) is 18.2 Å². The Labute approximate surface area is 205 Å². The number of carbonyl (C=O) groups excluding carboxylic acids is 1. The van der Waals surface area contributed by atoms with Crippen molar-refractivity contribution in [2.24, 2.45) is 18.9 Å². The first kappa shape index (κ1) is 27.0. The summed E-state index contributed by atoms with van der Waals surface area (Å²) in [5.41, 5.74) is -1.06. The number of imidazole rings is 1. The van der Waals surface area contributed by atoms with Crippen LogP contribution in [-0.2, 0) is 17.4 Å². The van der Waals surface area contributed by atoms with Gasteiger partial charge in [0, 0.05) is 64.8 Å². The molecule has 1 saturated carbocycles. The highest BCUT2D eigenvalue weighted by Crippen LogP contribution is 2.39. The van der Waals surface area contributed by atoms with Gasteiger partial charge in [-0.2, -0.15) is 0 Å². The van der Waals surface area contributed by atoms with Crippen LogP contribution in [0.5, 0.6) is 0 Å². The summed E-state index contributed by atoms with van der Waals surface area (Å²) >= 11 is 0. The first-order valence-electron chi connectivity index (χ1n) is 13.4. The molecule has 3 N–H and O–H groups in total. The van der Waals surface area contributed by atoms with E-state index in [1.807, 2.05) is 29.8 Å². The van der Waals surface area contributed by atoms with Crippen LogP contribution in [0.4, 0.5) is 4.79 Å². The number of nitrogens with one attached hydrogen (secondary N) is 2. The molecule has 1 aromatic heterocycles. The van der Waals surface area contributed by atoms with E-state index in [0.717, 1.165) is 45.2 Å². The SMILES string of the molecule is CNCC(CC1CCCCC1)NC(=O)N1CCC[C@@H]([C@@](O)(CCCCOC)c2nccn2C)C1. The van der Waals surface area contributed by atoms with Gasteiger partial charge in [-0.05, 0) is 51.5 Å². The summed E-state index contributed by atoms with van der Waals surface area (Å²) in [6, 6.07) is 0.144. The highest BCUT2D eigenvalue weighted by molar-refractivity contribution is 5.74. The number of likely N-dealkylation sites (tertiary alicyclic amines) is 1. The zero-order chi connectivity index (χ0) is 24.4. The number of methoxy groups -OCH3 is 1. The van der Waals surface area contributed by atoms with E-state index in [2.05, 4.69) is 15.6 Å². The maximum Gasteiger partial charge on any atom is 0.317 e. The molecule has 2 heterocycles. The lowest BCUT2D eigenvalue weighted by molar-refractivity contribution is -0.0649. The molecule has 1 aliphatic carbocycles. The summed E-state index contributed by atoms with van der Waals surface area (Å²) in [5, 5.41) is 18.5. The quantitative estimate of drug-likeness (QED) is 0.401. The number of aromatic nitrogens is 2. The molecular weight excluding hydrogens is 430 g/mol. The van der Waals surface area contributed by atoms with Crippen LogP contribution in [0.3, 0.4) is 0 Å². The van der Waals surface area contributed by atoms with Gasteiger partial charge in [-0.3, -0.25) is 0 Å². The van der Waals surface area contributed by atoms with Gasteiger partial charge in [0.15, 0.2) is 0 Å². The second-order valence-electron chi connectivity index (χ2n) is 10.5. The normalized spacial score (nSPS) is 22.4. The van der Waals surface area contributed by atoms with E-state index >= 15 is 0 Å². The Hall–Kier alpha value is -1.64. The van der Waals surface area contributed by atoms with Crippen molar-refractivity contribution < 1.29 is 14.6 Å². The summed E-state index contributed by atoms with van der Waals surface area (Å²) in [4.78, 5) is 19.8. The van der Waals surface area contributed by atoms with Crippen LogP contribution in [0.15, 0.2) is 12.4 Å². The number of nitrogens with zero attached hydrogens (tertiary/aromatic N) is 3. The Balaban J connectivity index is 1.65.